The molecule has 7 heteroatoms. The maximum Gasteiger partial charge on any atom is 0.270 e. The van der Waals surface area contributed by atoms with Gasteiger partial charge in [0.15, 0.2) is 9.84 Å². The molecule has 2 heterocycles. The van der Waals surface area contributed by atoms with Crippen LogP contribution < -0.4 is 10.2 Å². The van der Waals surface area contributed by atoms with Crippen LogP contribution in [0.3, 0.4) is 0 Å². The van der Waals surface area contributed by atoms with Crippen molar-refractivity contribution in [2.45, 2.75) is 31.3 Å². The minimum absolute atomic E-state index is 0.0308. The summed E-state index contributed by atoms with van der Waals surface area (Å²) >= 11 is 0. The Balaban J connectivity index is 1.74. The molecule has 0 aromatic carbocycles. The van der Waals surface area contributed by atoms with Gasteiger partial charge in [0.2, 0.25) is 0 Å². The Kier molecular flexibility index (Phi) is 3.61. The van der Waals surface area contributed by atoms with Gasteiger partial charge in [0, 0.05) is 31.0 Å². The maximum absolute atomic E-state index is 12.0. The lowest BCUT2D eigenvalue weighted by atomic mass is 10.2. The highest BCUT2D eigenvalue weighted by atomic mass is 32.2. The molecule has 1 N–H and O–H groups in total. The van der Waals surface area contributed by atoms with Crippen molar-refractivity contribution in [3.8, 4) is 0 Å². The number of carbonyl (C=O) groups is 1. The number of nitrogens with one attached hydrogen (secondary N) is 1. The van der Waals surface area contributed by atoms with Crippen molar-refractivity contribution >= 4 is 21.4 Å². The van der Waals surface area contributed by atoms with Gasteiger partial charge in [0.1, 0.15) is 5.69 Å². The standard InChI is InChI=1S/C14H19N3O3S/c1-17(12-5-7-21(19,20)9-12)11-4-6-15-13(8-11)14(18)16-10-2-3-10/h4,6,8,10,12H,2-3,5,7,9H2,1H3,(H,16,18). The number of amides is 1. The molecule has 1 aliphatic heterocycles. The van der Waals surface area contributed by atoms with Crippen LogP contribution in [0.25, 0.3) is 0 Å². The molecule has 2 fully saturated rings. The highest BCUT2D eigenvalue weighted by Gasteiger charge is 2.31. The number of anilines is 1. The second-order valence-corrected chi connectivity index (χ2v) is 8.04. The molecule has 6 nitrogen and oxygen atoms in total. The van der Waals surface area contributed by atoms with E-state index < -0.39 is 9.84 Å². The summed E-state index contributed by atoms with van der Waals surface area (Å²) < 4.78 is 23.2. The average Bonchev–Trinajstić information content (AvgIpc) is 3.19. The minimum atomic E-state index is -2.92. The molecule has 0 bridgehead atoms. The first kappa shape index (κ1) is 14.3. The van der Waals surface area contributed by atoms with Crippen LogP contribution >= 0.6 is 0 Å². The largest absolute Gasteiger partial charge is 0.370 e. The van der Waals surface area contributed by atoms with Crippen molar-refractivity contribution in [1.82, 2.24) is 10.3 Å². The third kappa shape index (κ3) is 3.34. The molecule has 1 atom stereocenters. The minimum Gasteiger partial charge on any atom is -0.370 e. The van der Waals surface area contributed by atoms with E-state index in [9.17, 15) is 13.2 Å². The van der Waals surface area contributed by atoms with Gasteiger partial charge in [-0.25, -0.2) is 8.42 Å². The Morgan fingerprint density at radius 3 is 2.76 bits per heavy atom. The molecule has 0 radical (unpaired) electrons. The summed E-state index contributed by atoms with van der Waals surface area (Å²) in [7, 11) is -1.05. The first-order chi connectivity index (χ1) is 9.94. The molecule has 1 aliphatic carbocycles. The SMILES string of the molecule is CN(c1ccnc(C(=O)NC2CC2)c1)C1CCS(=O)(=O)C1. The van der Waals surface area contributed by atoms with E-state index in [1.807, 2.05) is 11.9 Å². The number of aromatic nitrogens is 1. The zero-order valence-electron chi connectivity index (χ0n) is 11.9. The number of rotatable bonds is 4. The van der Waals surface area contributed by atoms with Crippen molar-refractivity contribution in [2.75, 3.05) is 23.5 Å². The lowest BCUT2D eigenvalue weighted by molar-refractivity contribution is 0.0946. The summed E-state index contributed by atoms with van der Waals surface area (Å²) in [4.78, 5) is 18.0. The fraction of sp³-hybridized carbons (Fsp3) is 0.571. The lowest BCUT2D eigenvalue weighted by Gasteiger charge is -2.25. The van der Waals surface area contributed by atoms with E-state index in [1.54, 1.807) is 18.3 Å². The van der Waals surface area contributed by atoms with Gasteiger partial charge < -0.3 is 10.2 Å². The molecule has 1 saturated heterocycles. The molecule has 1 aromatic rings. The highest BCUT2D eigenvalue weighted by molar-refractivity contribution is 7.91. The van der Waals surface area contributed by atoms with E-state index in [0.29, 0.717) is 18.2 Å². The van der Waals surface area contributed by atoms with E-state index in [1.165, 1.54) is 0 Å². The van der Waals surface area contributed by atoms with Gasteiger partial charge in [-0.05, 0) is 31.4 Å². The first-order valence-corrected chi connectivity index (χ1v) is 8.97. The molecule has 114 valence electrons. The normalized spacial score (nSPS) is 23.8. The number of pyridine rings is 1. The van der Waals surface area contributed by atoms with Gasteiger partial charge >= 0.3 is 0 Å². The van der Waals surface area contributed by atoms with Crippen molar-refractivity contribution < 1.29 is 13.2 Å². The molecule has 2 aliphatic rings. The molecular formula is C14H19N3O3S. The van der Waals surface area contributed by atoms with Gasteiger partial charge in [-0.3, -0.25) is 9.78 Å². The van der Waals surface area contributed by atoms with Crippen LogP contribution in [0.5, 0.6) is 0 Å². The number of hydrogen-bond donors (Lipinski definition) is 1. The zero-order valence-corrected chi connectivity index (χ0v) is 12.8. The summed E-state index contributed by atoms with van der Waals surface area (Å²) in [5, 5.41) is 2.90. The Hall–Kier alpha value is -1.63. The highest BCUT2D eigenvalue weighted by Crippen LogP contribution is 2.23. The molecule has 1 amide bonds. The predicted octanol–water partition coefficient (Wildman–Crippen LogP) is 0.597. The summed E-state index contributed by atoms with van der Waals surface area (Å²) in [6.45, 7) is 0. The fourth-order valence-electron chi connectivity index (χ4n) is 2.54. The molecule has 1 unspecified atom stereocenters. The number of hydrogen-bond acceptors (Lipinski definition) is 5. The molecule has 1 aromatic heterocycles. The Morgan fingerprint density at radius 1 is 1.38 bits per heavy atom. The van der Waals surface area contributed by atoms with Gasteiger partial charge in [-0.2, -0.15) is 0 Å². The van der Waals surface area contributed by atoms with E-state index in [2.05, 4.69) is 10.3 Å². The summed E-state index contributed by atoms with van der Waals surface area (Å²) in [6, 6.07) is 3.79. The van der Waals surface area contributed by atoms with Crippen molar-refractivity contribution in [1.29, 1.82) is 0 Å². The van der Waals surface area contributed by atoms with Crippen molar-refractivity contribution in [2.24, 2.45) is 0 Å². The molecule has 3 rings (SSSR count). The molecule has 21 heavy (non-hydrogen) atoms. The van der Waals surface area contributed by atoms with E-state index in [4.69, 9.17) is 0 Å². The van der Waals surface area contributed by atoms with Crippen LogP contribution in [-0.2, 0) is 9.84 Å². The smallest absolute Gasteiger partial charge is 0.270 e. The van der Waals surface area contributed by atoms with Crippen LogP contribution in [0.4, 0.5) is 5.69 Å². The van der Waals surface area contributed by atoms with Crippen LogP contribution in [0.1, 0.15) is 29.8 Å². The maximum atomic E-state index is 12.0. The van der Waals surface area contributed by atoms with Gasteiger partial charge in [0.05, 0.1) is 11.5 Å². The lowest BCUT2D eigenvalue weighted by Crippen LogP contribution is -2.33. The van der Waals surface area contributed by atoms with E-state index >= 15 is 0 Å². The molecular weight excluding hydrogens is 290 g/mol. The predicted molar refractivity (Wildman–Crippen MR) is 80.2 cm³/mol. The summed E-state index contributed by atoms with van der Waals surface area (Å²) in [6.07, 6.45) is 4.29. The van der Waals surface area contributed by atoms with Crippen LogP contribution in [0.15, 0.2) is 18.3 Å². The van der Waals surface area contributed by atoms with Gasteiger partial charge in [-0.15, -0.1) is 0 Å². The second-order valence-electron chi connectivity index (χ2n) is 5.81. The Bertz CT molecular complexity index is 655. The number of nitrogens with zero attached hydrogens (tertiary/aromatic N) is 2. The topological polar surface area (TPSA) is 79.4 Å². The van der Waals surface area contributed by atoms with E-state index in [-0.39, 0.29) is 23.5 Å². The Morgan fingerprint density at radius 2 is 2.14 bits per heavy atom. The Labute approximate surface area is 124 Å². The zero-order chi connectivity index (χ0) is 15.0. The van der Waals surface area contributed by atoms with Crippen molar-refractivity contribution in [3.05, 3.63) is 24.0 Å². The van der Waals surface area contributed by atoms with Crippen LogP contribution in [0, 0.1) is 0 Å². The summed E-state index contributed by atoms with van der Waals surface area (Å²) in [5.74, 6) is 0.254. The number of carbonyl (C=O) groups excluding carboxylic acids is 1. The fourth-order valence-corrected chi connectivity index (χ4v) is 4.32. The quantitative estimate of drug-likeness (QED) is 0.881. The van der Waals surface area contributed by atoms with Gasteiger partial charge in [0.25, 0.3) is 5.91 Å². The van der Waals surface area contributed by atoms with Gasteiger partial charge in [-0.1, -0.05) is 0 Å². The van der Waals surface area contributed by atoms with Crippen molar-refractivity contribution in [3.63, 3.8) is 0 Å². The molecule has 0 spiro atoms. The van der Waals surface area contributed by atoms with Crippen LogP contribution in [0.2, 0.25) is 0 Å². The monoisotopic (exact) mass is 309 g/mol. The summed E-state index contributed by atoms with van der Waals surface area (Å²) in [5.41, 5.74) is 1.21. The van der Waals surface area contributed by atoms with E-state index in [0.717, 1.165) is 18.5 Å². The number of sulfone groups is 1. The first-order valence-electron chi connectivity index (χ1n) is 7.15. The second kappa shape index (κ2) is 5.29. The third-order valence-electron chi connectivity index (χ3n) is 4.05. The average molecular weight is 309 g/mol. The molecule has 1 saturated carbocycles. The third-order valence-corrected chi connectivity index (χ3v) is 5.80. The van der Waals surface area contributed by atoms with Crippen LogP contribution in [-0.4, -0.2) is 49.9 Å².